The Morgan fingerprint density at radius 1 is 1.00 bits per heavy atom. The predicted octanol–water partition coefficient (Wildman–Crippen LogP) is 3.67. The van der Waals surface area contributed by atoms with Crippen LogP contribution in [0.2, 0.25) is 0 Å². The van der Waals surface area contributed by atoms with Crippen molar-refractivity contribution in [3.63, 3.8) is 0 Å². The summed E-state index contributed by atoms with van der Waals surface area (Å²) < 4.78 is 5.58. The highest BCUT2D eigenvalue weighted by atomic mass is 16.5. The van der Waals surface area contributed by atoms with Crippen LogP contribution < -0.4 is 5.32 Å². The lowest BCUT2D eigenvalue weighted by molar-refractivity contribution is -0.00899. The standard InChI is InChI=1S/C16H27NO/c1-15(2,3)13-10-8-12(9-11-13)14(17-6)16(4,5)18-7/h8-11,14,17H,1-7H3. The topological polar surface area (TPSA) is 21.3 Å². The van der Waals surface area contributed by atoms with Gasteiger partial charge in [0.15, 0.2) is 0 Å². The molecule has 0 aliphatic heterocycles. The molecule has 0 aliphatic rings. The van der Waals surface area contributed by atoms with E-state index < -0.39 is 0 Å². The summed E-state index contributed by atoms with van der Waals surface area (Å²) in [6.45, 7) is 10.9. The Bertz CT molecular complexity index is 373. The van der Waals surface area contributed by atoms with E-state index in [1.165, 1.54) is 11.1 Å². The Balaban J connectivity index is 3.03. The summed E-state index contributed by atoms with van der Waals surface area (Å²) in [5.74, 6) is 0. The van der Waals surface area contributed by atoms with Crippen molar-refractivity contribution in [3.05, 3.63) is 35.4 Å². The third kappa shape index (κ3) is 3.33. The second-order valence-corrected chi connectivity index (χ2v) is 6.40. The SMILES string of the molecule is CNC(c1ccc(C(C)(C)C)cc1)C(C)(C)OC. The van der Waals surface area contributed by atoms with Gasteiger partial charge in [-0.3, -0.25) is 0 Å². The van der Waals surface area contributed by atoms with Crippen molar-refractivity contribution >= 4 is 0 Å². The van der Waals surface area contributed by atoms with Crippen molar-refractivity contribution in [1.29, 1.82) is 0 Å². The summed E-state index contributed by atoms with van der Waals surface area (Å²) in [6, 6.07) is 9.01. The highest BCUT2D eigenvalue weighted by molar-refractivity contribution is 5.30. The zero-order valence-corrected chi connectivity index (χ0v) is 12.8. The van der Waals surface area contributed by atoms with Crippen molar-refractivity contribution < 1.29 is 4.74 Å². The minimum absolute atomic E-state index is 0.191. The third-order valence-electron chi connectivity index (χ3n) is 3.62. The molecule has 0 bridgehead atoms. The molecule has 0 aliphatic carbocycles. The van der Waals surface area contributed by atoms with Gasteiger partial charge >= 0.3 is 0 Å². The van der Waals surface area contributed by atoms with Crippen LogP contribution in [0.5, 0.6) is 0 Å². The quantitative estimate of drug-likeness (QED) is 0.879. The molecule has 1 aromatic rings. The van der Waals surface area contributed by atoms with Gasteiger partial charge in [0.2, 0.25) is 0 Å². The van der Waals surface area contributed by atoms with Gasteiger partial charge in [-0.2, -0.15) is 0 Å². The van der Waals surface area contributed by atoms with Crippen molar-refractivity contribution in [2.24, 2.45) is 0 Å². The number of likely N-dealkylation sites (N-methyl/N-ethyl adjacent to an activating group) is 1. The molecule has 0 saturated heterocycles. The van der Waals surface area contributed by atoms with Crippen LogP contribution in [0, 0.1) is 0 Å². The van der Waals surface area contributed by atoms with E-state index in [4.69, 9.17) is 4.74 Å². The maximum absolute atomic E-state index is 5.58. The Kier molecular flexibility index (Phi) is 4.57. The number of rotatable bonds is 4. The molecule has 1 N–H and O–H groups in total. The van der Waals surface area contributed by atoms with Crippen LogP contribution in [-0.2, 0) is 10.2 Å². The highest BCUT2D eigenvalue weighted by Gasteiger charge is 2.29. The average molecular weight is 249 g/mol. The zero-order chi connectivity index (χ0) is 14.0. The number of ether oxygens (including phenoxy) is 1. The lowest BCUT2D eigenvalue weighted by atomic mass is 9.84. The third-order valence-corrected chi connectivity index (χ3v) is 3.62. The van der Waals surface area contributed by atoms with Crippen LogP contribution in [0.1, 0.15) is 51.8 Å². The van der Waals surface area contributed by atoms with E-state index in [2.05, 4.69) is 64.2 Å². The van der Waals surface area contributed by atoms with E-state index in [9.17, 15) is 0 Å². The maximum Gasteiger partial charge on any atom is 0.0816 e. The van der Waals surface area contributed by atoms with E-state index in [0.717, 1.165) is 0 Å². The molecule has 0 spiro atoms. The minimum atomic E-state index is -0.224. The Labute approximate surface area is 112 Å². The fourth-order valence-electron chi connectivity index (χ4n) is 2.21. The second-order valence-electron chi connectivity index (χ2n) is 6.40. The monoisotopic (exact) mass is 249 g/mol. The molecule has 0 radical (unpaired) electrons. The first-order valence-electron chi connectivity index (χ1n) is 6.55. The lowest BCUT2D eigenvalue weighted by Crippen LogP contribution is -2.39. The summed E-state index contributed by atoms with van der Waals surface area (Å²) in [5.41, 5.74) is 2.59. The summed E-state index contributed by atoms with van der Waals surface area (Å²) in [7, 11) is 3.73. The smallest absolute Gasteiger partial charge is 0.0816 e. The van der Waals surface area contributed by atoms with Crippen LogP contribution in [0.15, 0.2) is 24.3 Å². The van der Waals surface area contributed by atoms with Crippen LogP contribution in [0.3, 0.4) is 0 Å². The number of hydrogen-bond acceptors (Lipinski definition) is 2. The van der Waals surface area contributed by atoms with Gasteiger partial charge in [-0.1, -0.05) is 45.0 Å². The lowest BCUT2D eigenvalue weighted by Gasteiger charge is -2.33. The molecule has 102 valence electrons. The average Bonchev–Trinajstić information content (AvgIpc) is 2.29. The van der Waals surface area contributed by atoms with E-state index in [1.807, 2.05) is 7.05 Å². The molecule has 2 heteroatoms. The van der Waals surface area contributed by atoms with Gasteiger partial charge in [0.25, 0.3) is 0 Å². The van der Waals surface area contributed by atoms with Gasteiger partial charge in [-0.05, 0) is 37.4 Å². The summed E-state index contributed by atoms with van der Waals surface area (Å²) in [6.07, 6.45) is 0. The molecular formula is C16H27NO. The fourth-order valence-corrected chi connectivity index (χ4v) is 2.21. The maximum atomic E-state index is 5.58. The Morgan fingerprint density at radius 2 is 1.50 bits per heavy atom. The molecule has 0 aromatic heterocycles. The largest absolute Gasteiger partial charge is 0.377 e. The van der Waals surface area contributed by atoms with Crippen LogP contribution in [0.4, 0.5) is 0 Å². The summed E-state index contributed by atoms with van der Waals surface area (Å²) in [5, 5.41) is 3.34. The molecule has 1 unspecified atom stereocenters. The molecule has 18 heavy (non-hydrogen) atoms. The molecule has 0 amide bonds. The van der Waals surface area contributed by atoms with Crippen LogP contribution in [-0.4, -0.2) is 19.8 Å². The van der Waals surface area contributed by atoms with E-state index >= 15 is 0 Å². The van der Waals surface area contributed by atoms with Crippen molar-refractivity contribution in [3.8, 4) is 0 Å². The molecule has 2 nitrogen and oxygen atoms in total. The molecular weight excluding hydrogens is 222 g/mol. The van der Waals surface area contributed by atoms with Crippen LogP contribution in [0.25, 0.3) is 0 Å². The van der Waals surface area contributed by atoms with Crippen LogP contribution >= 0.6 is 0 Å². The first kappa shape index (κ1) is 15.2. The fraction of sp³-hybridized carbons (Fsp3) is 0.625. The Morgan fingerprint density at radius 3 is 1.83 bits per heavy atom. The molecule has 1 aromatic carbocycles. The van der Waals surface area contributed by atoms with E-state index in [0.29, 0.717) is 0 Å². The van der Waals surface area contributed by atoms with Gasteiger partial charge in [-0.25, -0.2) is 0 Å². The second kappa shape index (κ2) is 5.41. The molecule has 0 heterocycles. The summed E-state index contributed by atoms with van der Waals surface area (Å²) >= 11 is 0. The first-order valence-corrected chi connectivity index (χ1v) is 6.55. The normalized spacial score (nSPS) is 14.6. The molecule has 0 saturated carbocycles. The number of hydrogen-bond donors (Lipinski definition) is 1. The van der Waals surface area contributed by atoms with E-state index in [1.54, 1.807) is 7.11 Å². The van der Waals surface area contributed by atoms with Gasteiger partial charge in [0, 0.05) is 7.11 Å². The predicted molar refractivity (Wildman–Crippen MR) is 78.0 cm³/mol. The van der Waals surface area contributed by atoms with E-state index in [-0.39, 0.29) is 17.1 Å². The van der Waals surface area contributed by atoms with Gasteiger partial charge < -0.3 is 10.1 Å². The van der Waals surface area contributed by atoms with Gasteiger partial charge in [0.1, 0.15) is 0 Å². The number of methoxy groups -OCH3 is 1. The molecule has 0 fully saturated rings. The highest BCUT2D eigenvalue weighted by Crippen LogP contribution is 2.30. The van der Waals surface area contributed by atoms with Gasteiger partial charge in [0.05, 0.1) is 11.6 Å². The Hall–Kier alpha value is -0.860. The molecule has 1 rings (SSSR count). The van der Waals surface area contributed by atoms with Crippen molar-refractivity contribution in [1.82, 2.24) is 5.32 Å². The first-order chi connectivity index (χ1) is 8.22. The number of benzene rings is 1. The molecule has 1 atom stereocenters. The number of nitrogens with one attached hydrogen (secondary N) is 1. The van der Waals surface area contributed by atoms with Gasteiger partial charge in [-0.15, -0.1) is 0 Å². The zero-order valence-electron chi connectivity index (χ0n) is 12.8. The van der Waals surface area contributed by atoms with Crippen molar-refractivity contribution in [2.75, 3.05) is 14.2 Å². The van der Waals surface area contributed by atoms with Crippen molar-refractivity contribution in [2.45, 2.75) is 51.7 Å². The summed E-state index contributed by atoms with van der Waals surface area (Å²) in [4.78, 5) is 0. The minimum Gasteiger partial charge on any atom is -0.377 e.